The van der Waals surface area contributed by atoms with E-state index in [0.29, 0.717) is 0 Å². The van der Waals surface area contributed by atoms with Gasteiger partial charge in [-0.1, -0.05) is 56.9 Å². The minimum absolute atomic E-state index is 0.779. The first-order valence-corrected chi connectivity index (χ1v) is 6.93. The lowest BCUT2D eigenvalue weighted by atomic mass is 9.90. The lowest BCUT2D eigenvalue weighted by Crippen LogP contribution is -2.05. The van der Waals surface area contributed by atoms with Crippen LogP contribution in [0.25, 0.3) is 21.9 Å². The molecule has 1 heterocycles. The maximum atomic E-state index is 5.85. The van der Waals surface area contributed by atoms with Gasteiger partial charge in [0.1, 0.15) is 19.0 Å². The Morgan fingerprint density at radius 2 is 1.47 bits per heavy atom. The maximum absolute atomic E-state index is 5.85. The van der Waals surface area contributed by atoms with E-state index in [1.807, 2.05) is 58.9 Å². The zero-order valence-corrected chi connectivity index (χ0v) is 12.4. The van der Waals surface area contributed by atoms with Crippen molar-refractivity contribution in [3.05, 3.63) is 42.0 Å². The van der Waals surface area contributed by atoms with Gasteiger partial charge in [-0.05, 0) is 25.1 Å². The second kappa shape index (κ2) is 7.03. The maximum Gasteiger partial charge on any atom is 0.135 e. The predicted octanol–water partition coefficient (Wildman–Crippen LogP) is 4.74. The van der Waals surface area contributed by atoms with Crippen LogP contribution in [0.15, 0.2) is 40.8 Å². The van der Waals surface area contributed by atoms with Gasteiger partial charge in [0.05, 0.1) is 0 Å². The quantitative estimate of drug-likeness (QED) is 0.526. The van der Waals surface area contributed by atoms with E-state index in [2.05, 4.69) is 12.1 Å². The SMILES string of the molecule is CC.CC.[B]c1cc2oc3ccccc3c2cc1C. The molecule has 3 rings (SSSR count). The molecule has 2 heteroatoms. The summed E-state index contributed by atoms with van der Waals surface area (Å²) < 4.78 is 5.71. The van der Waals surface area contributed by atoms with Gasteiger partial charge in [-0.25, -0.2) is 0 Å². The van der Waals surface area contributed by atoms with Gasteiger partial charge in [0.2, 0.25) is 0 Å². The summed E-state index contributed by atoms with van der Waals surface area (Å²) in [6.45, 7) is 10.0. The van der Waals surface area contributed by atoms with Crippen LogP contribution in [0.1, 0.15) is 33.3 Å². The molecular weight excluding hydrogens is 231 g/mol. The third-order valence-corrected chi connectivity index (χ3v) is 2.77. The molecule has 3 aromatic rings. The average molecular weight is 252 g/mol. The second-order valence-corrected chi connectivity index (χ2v) is 3.80. The fourth-order valence-electron chi connectivity index (χ4n) is 1.90. The van der Waals surface area contributed by atoms with Gasteiger partial charge in [-0.2, -0.15) is 0 Å². The van der Waals surface area contributed by atoms with Crippen LogP contribution in [0.4, 0.5) is 0 Å². The number of furan rings is 1. The van der Waals surface area contributed by atoms with Crippen LogP contribution in [0.3, 0.4) is 0 Å². The standard InChI is InChI=1S/C13H9BO.2C2H6/c1-8-6-10-9-4-2-3-5-12(9)15-13(10)7-11(8)14;2*1-2/h2-7H,1H3;2*1-2H3. The minimum Gasteiger partial charge on any atom is -0.456 e. The first kappa shape index (κ1) is 15.4. The Balaban J connectivity index is 0.000000415. The van der Waals surface area contributed by atoms with E-state index in [1.54, 1.807) is 0 Å². The average Bonchev–Trinajstić information content (AvgIpc) is 2.82. The lowest BCUT2D eigenvalue weighted by molar-refractivity contribution is 0.669. The zero-order valence-electron chi connectivity index (χ0n) is 12.4. The molecular formula is C17H21BO. The molecule has 2 aromatic carbocycles. The highest BCUT2D eigenvalue weighted by molar-refractivity contribution is 6.34. The molecule has 19 heavy (non-hydrogen) atoms. The minimum atomic E-state index is 0.779. The fourth-order valence-corrected chi connectivity index (χ4v) is 1.90. The van der Waals surface area contributed by atoms with E-state index < -0.39 is 0 Å². The molecule has 0 bridgehead atoms. The van der Waals surface area contributed by atoms with Gasteiger partial charge < -0.3 is 4.42 Å². The molecule has 1 aromatic heterocycles. The molecule has 1 nitrogen and oxygen atoms in total. The lowest BCUT2D eigenvalue weighted by Gasteiger charge is -1.98. The summed E-state index contributed by atoms with van der Waals surface area (Å²) in [5.41, 5.74) is 3.65. The molecule has 0 aliphatic rings. The third kappa shape index (κ3) is 3.01. The number of aryl methyl sites for hydroxylation is 1. The fraction of sp³-hybridized carbons (Fsp3) is 0.294. The van der Waals surface area contributed by atoms with E-state index in [4.69, 9.17) is 12.3 Å². The van der Waals surface area contributed by atoms with Crippen molar-refractivity contribution in [1.82, 2.24) is 0 Å². The molecule has 0 aliphatic carbocycles. The van der Waals surface area contributed by atoms with E-state index >= 15 is 0 Å². The molecule has 0 aliphatic heterocycles. The van der Waals surface area contributed by atoms with Crippen molar-refractivity contribution in [2.45, 2.75) is 34.6 Å². The third-order valence-electron chi connectivity index (χ3n) is 2.77. The second-order valence-electron chi connectivity index (χ2n) is 3.80. The number of para-hydroxylation sites is 1. The van der Waals surface area contributed by atoms with Crippen molar-refractivity contribution in [3.8, 4) is 0 Å². The smallest absolute Gasteiger partial charge is 0.135 e. The van der Waals surface area contributed by atoms with Crippen LogP contribution in [-0.4, -0.2) is 7.85 Å². The monoisotopic (exact) mass is 252 g/mol. The first-order valence-electron chi connectivity index (χ1n) is 6.93. The Morgan fingerprint density at radius 3 is 2.16 bits per heavy atom. The van der Waals surface area contributed by atoms with Gasteiger partial charge in [-0.15, -0.1) is 0 Å². The van der Waals surface area contributed by atoms with E-state index in [1.165, 1.54) is 0 Å². The summed E-state index contributed by atoms with van der Waals surface area (Å²) in [6.07, 6.45) is 0. The van der Waals surface area contributed by atoms with E-state index in [-0.39, 0.29) is 0 Å². The van der Waals surface area contributed by atoms with Gasteiger partial charge in [0.25, 0.3) is 0 Å². The highest BCUT2D eigenvalue weighted by Crippen LogP contribution is 2.28. The Bertz CT molecular complexity index is 653. The summed E-state index contributed by atoms with van der Waals surface area (Å²) in [5, 5.41) is 2.29. The van der Waals surface area contributed by atoms with Gasteiger partial charge in [-0.3, -0.25) is 0 Å². The highest BCUT2D eigenvalue weighted by atomic mass is 16.3. The molecule has 2 radical (unpaired) electrons. The summed E-state index contributed by atoms with van der Waals surface area (Å²) in [4.78, 5) is 0. The van der Waals surface area contributed by atoms with Crippen LogP contribution in [0.2, 0.25) is 0 Å². The zero-order chi connectivity index (χ0) is 14.4. The molecule has 0 spiro atoms. The number of hydrogen-bond acceptors (Lipinski definition) is 1. The normalized spacial score (nSPS) is 9.53. The highest BCUT2D eigenvalue weighted by Gasteiger charge is 2.06. The molecule has 0 unspecified atom stereocenters. The van der Waals surface area contributed by atoms with Gasteiger partial charge in [0, 0.05) is 10.8 Å². The van der Waals surface area contributed by atoms with Crippen LogP contribution < -0.4 is 5.46 Å². The molecule has 0 saturated heterocycles. The molecule has 0 fully saturated rings. The number of fused-ring (bicyclic) bond motifs is 3. The molecule has 98 valence electrons. The Labute approximate surface area is 117 Å². The van der Waals surface area contributed by atoms with Crippen molar-refractivity contribution in [3.63, 3.8) is 0 Å². The van der Waals surface area contributed by atoms with E-state index in [9.17, 15) is 0 Å². The predicted molar refractivity (Wildman–Crippen MR) is 86.5 cm³/mol. The molecule has 0 saturated carbocycles. The van der Waals surface area contributed by atoms with Crippen LogP contribution >= 0.6 is 0 Å². The van der Waals surface area contributed by atoms with Crippen LogP contribution in [-0.2, 0) is 0 Å². The summed E-state index contributed by atoms with van der Waals surface area (Å²) >= 11 is 0. The Morgan fingerprint density at radius 1 is 0.842 bits per heavy atom. The van der Waals surface area contributed by atoms with Gasteiger partial charge in [0.15, 0.2) is 0 Å². The van der Waals surface area contributed by atoms with Crippen molar-refractivity contribution >= 4 is 35.2 Å². The molecule has 0 N–H and O–H groups in total. The summed E-state index contributed by atoms with van der Waals surface area (Å²) in [7, 11) is 5.85. The van der Waals surface area contributed by atoms with Crippen LogP contribution in [0, 0.1) is 6.92 Å². The Hall–Kier alpha value is -1.70. The number of benzene rings is 2. The first-order chi connectivity index (χ1) is 9.25. The van der Waals surface area contributed by atoms with E-state index in [0.717, 1.165) is 33.0 Å². The van der Waals surface area contributed by atoms with Crippen molar-refractivity contribution < 1.29 is 4.42 Å². The Kier molecular flexibility index (Phi) is 5.69. The number of hydrogen-bond donors (Lipinski definition) is 0. The topological polar surface area (TPSA) is 13.1 Å². The molecule has 0 amide bonds. The van der Waals surface area contributed by atoms with Crippen molar-refractivity contribution in [2.75, 3.05) is 0 Å². The van der Waals surface area contributed by atoms with Crippen molar-refractivity contribution in [2.24, 2.45) is 0 Å². The van der Waals surface area contributed by atoms with Gasteiger partial charge >= 0.3 is 0 Å². The summed E-state index contributed by atoms with van der Waals surface area (Å²) in [5.74, 6) is 0. The van der Waals surface area contributed by atoms with Crippen LogP contribution in [0.5, 0.6) is 0 Å². The number of rotatable bonds is 0. The molecule has 0 atom stereocenters. The van der Waals surface area contributed by atoms with Crippen molar-refractivity contribution in [1.29, 1.82) is 0 Å². The largest absolute Gasteiger partial charge is 0.456 e. The summed E-state index contributed by atoms with van der Waals surface area (Å²) in [6, 6.07) is 12.0.